The van der Waals surface area contributed by atoms with E-state index in [4.69, 9.17) is 20.7 Å². The standard InChI is InChI=1S/C12H15N3O5/c13-11-7(1-4-10(17)18)5-15(12(19)14-11)9-3-2-8(6-16)20-9/h1,4-5,8-9,16H,2-3,6H2,(H,17,18)(H2,13,14,19)/b4-1+. The van der Waals surface area contributed by atoms with Crippen molar-refractivity contribution in [1.82, 2.24) is 9.55 Å². The number of carboxylic acid groups (broad SMARTS) is 1. The number of aliphatic hydroxyl groups is 1. The van der Waals surface area contributed by atoms with Crippen LogP contribution in [0.4, 0.5) is 5.82 Å². The van der Waals surface area contributed by atoms with Crippen LogP contribution < -0.4 is 11.4 Å². The Hall–Kier alpha value is -2.19. The first-order chi connectivity index (χ1) is 9.51. The first-order valence-electron chi connectivity index (χ1n) is 6.07. The number of hydrogen-bond acceptors (Lipinski definition) is 6. The largest absolute Gasteiger partial charge is 0.478 e. The van der Waals surface area contributed by atoms with Crippen molar-refractivity contribution in [3.05, 3.63) is 28.3 Å². The molecule has 0 spiro atoms. The van der Waals surface area contributed by atoms with Gasteiger partial charge in [-0.2, -0.15) is 4.98 Å². The summed E-state index contributed by atoms with van der Waals surface area (Å²) in [5.74, 6) is -1.17. The van der Waals surface area contributed by atoms with Crippen LogP contribution in [0, 0.1) is 0 Å². The van der Waals surface area contributed by atoms with E-state index >= 15 is 0 Å². The highest BCUT2D eigenvalue weighted by atomic mass is 16.5. The minimum absolute atomic E-state index is 0.0412. The van der Waals surface area contributed by atoms with E-state index in [1.807, 2.05) is 0 Å². The maximum absolute atomic E-state index is 11.8. The molecule has 0 amide bonds. The summed E-state index contributed by atoms with van der Waals surface area (Å²) in [7, 11) is 0. The van der Waals surface area contributed by atoms with Gasteiger partial charge in [-0.25, -0.2) is 9.59 Å². The van der Waals surface area contributed by atoms with Gasteiger partial charge in [0.2, 0.25) is 0 Å². The molecule has 2 heterocycles. The molecular weight excluding hydrogens is 266 g/mol. The van der Waals surface area contributed by atoms with Gasteiger partial charge in [0.1, 0.15) is 12.0 Å². The number of hydrogen-bond donors (Lipinski definition) is 3. The molecule has 0 bridgehead atoms. The lowest BCUT2D eigenvalue weighted by Gasteiger charge is -2.15. The molecule has 1 aromatic heterocycles. The van der Waals surface area contributed by atoms with E-state index in [0.29, 0.717) is 18.4 Å². The Balaban J connectivity index is 2.32. The van der Waals surface area contributed by atoms with Crippen LogP contribution >= 0.6 is 0 Å². The summed E-state index contributed by atoms with van der Waals surface area (Å²) in [5, 5.41) is 17.6. The van der Waals surface area contributed by atoms with Crippen molar-refractivity contribution < 1.29 is 19.7 Å². The second kappa shape index (κ2) is 5.85. The zero-order valence-electron chi connectivity index (χ0n) is 10.6. The molecule has 0 saturated carbocycles. The highest BCUT2D eigenvalue weighted by Crippen LogP contribution is 2.27. The maximum Gasteiger partial charge on any atom is 0.351 e. The van der Waals surface area contributed by atoms with Gasteiger partial charge in [-0.3, -0.25) is 4.57 Å². The van der Waals surface area contributed by atoms with Crippen LogP contribution in [0.3, 0.4) is 0 Å². The fourth-order valence-corrected chi connectivity index (χ4v) is 2.02. The summed E-state index contributed by atoms with van der Waals surface area (Å²) in [6.45, 7) is -0.112. The number of carboxylic acids is 1. The quantitative estimate of drug-likeness (QED) is 0.640. The van der Waals surface area contributed by atoms with Crippen molar-refractivity contribution in [2.45, 2.75) is 25.2 Å². The number of nitrogen functional groups attached to an aromatic ring is 1. The van der Waals surface area contributed by atoms with Crippen molar-refractivity contribution in [3.8, 4) is 0 Å². The Morgan fingerprint density at radius 3 is 2.95 bits per heavy atom. The van der Waals surface area contributed by atoms with Crippen molar-refractivity contribution in [1.29, 1.82) is 0 Å². The summed E-state index contributed by atoms with van der Waals surface area (Å²) in [5.41, 5.74) is 5.33. The molecule has 108 valence electrons. The van der Waals surface area contributed by atoms with Crippen LogP contribution in [0.15, 0.2) is 17.1 Å². The number of aliphatic hydroxyl groups excluding tert-OH is 1. The van der Waals surface area contributed by atoms with E-state index < -0.39 is 17.9 Å². The molecule has 2 atom stereocenters. The molecule has 0 radical (unpaired) electrons. The summed E-state index contributed by atoms with van der Waals surface area (Å²) < 4.78 is 6.75. The molecule has 8 heteroatoms. The monoisotopic (exact) mass is 281 g/mol. The van der Waals surface area contributed by atoms with Gasteiger partial charge < -0.3 is 20.7 Å². The highest BCUT2D eigenvalue weighted by molar-refractivity contribution is 5.86. The normalized spacial score (nSPS) is 22.4. The highest BCUT2D eigenvalue weighted by Gasteiger charge is 2.27. The fraction of sp³-hybridized carbons (Fsp3) is 0.417. The van der Waals surface area contributed by atoms with Gasteiger partial charge in [-0.05, 0) is 18.9 Å². The average Bonchev–Trinajstić information content (AvgIpc) is 2.86. The van der Waals surface area contributed by atoms with Crippen LogP contribution in [-0.4, -0.2) is 38.4 Å². The number of aromatic nitrogens is 2. The number of nitrogens with two attached hydrogens (primary N) is 1. The number of nitrogens with zero attached hydrogens (tertiary/aromatic N) is 2. The Morgan fingerprint density at radius 2 is 2.35 bits per heavy atom. The molecule has 1 aromatic rings. The number of aliphatic carboxylic acids is 1. The van der Waals surface area contributed by atoms with E-state index in [0.717, 1.165) is 6.08 Å². The molecule has 20 heavy (non-hydrogen) atoms. The van der Waals surface area contributed by atoms with Crippen molar-refractivity contribution >= 4 is 17.9 Å². The summed E-state index contributed by atoms with van der Waals surface area (Å²) in [6.07, 6.45) is 3.96. The number of rotatable bonds is 4. The Bertz CT molecular complexity index is 595. The maximum atomic E-state index is 11.8. The third-order valence-electron chi connectivity index (χ3n) is 3.02. The minimum Gasteiger partial charge on any atom is -0.478 e. The molecule has 1 aliphatic rings. The third-order valence-corrected chi connectivity index (χ3v) is 3.02. The number of carbonyl (C=O) groups is 1. The molecule has 1 aliphatic heterocycles. The van der Waals surface area contributed by atoms with Crippen LogP contribution in [0.25, 0.3) is 6.08 Å². The first kappa shape index (κ1) is 14.2. The molecule has 1 saturated heterocycles. The first-order valence-corrected chi connectivity index (χ1v) is 6.07. The second-order valence-electron chi connectivity index (χ2n) is 4.42. The molecule has 4 N–H and O–H groups in total. The fourth-order valence-electron chi connectivity index (χ4n) is 2.02. The van der Waals surface area contributed by atoms with Gasteiger partial charge in [0, 0.05) is 17.8 Å². The van der Waals surface area contributed by atoms with Crippen molar-refractivity contribution in [2.75, 3.05) is 12.3 Å². The van der Waals surface area contributed by atoms with Crippen LogP contribution in [-0.2, 0) is 9.53 Å². The SMILES string of the molecule is Nc1nc(=O)n(C2CCC(CO)O2)cc1/C=C/C(=O)O. The van der Waals surface area contributed by atoms with Gasteiger partial charge in [0.25, 0.3) is 0 Å². The number of ether oxygens (including phenoxy) is 1. The zero-order valence-corrected chi connectivity index (χ0v) is 10.6. The second-order valence-corrected chi connectivity index (χ2v) is 4.42. The van der Waals surface area contributed by atoms with E-state index in [2.05, 4.69) is 4.98 Å². The molecule has 2 unspecified atom stereocenters. The Morgan fingerprint density at radius 1 is 1.60 bits per heavy atom. The predicted octanol–water partition coefficient (Wildman–Crippen LogP) is -0.407. The van der Waals surface area contributed by atoms with Gasteiger partial charge in [0.05, 0.1) is 12.7 Å². The van der Waals surface area contributed by atoms with E-state index in [1.54, 1.807) is 0 Å². The predicted molar refractivity (Wildman–Crippen MR) is 69.8 cm³/mol. The van der Waals surface area contributed by atoms with Gasteiger partial charge in [-0.15, -0.1) is 0 Å². The van der Waals surface area contributed by atoms with Gasteiger partial charge in [0.15, 0.2) is 0 Å². The molecule has 0 aromatic carbocycles. The minimum atomic E-state index is -1.13. The van der Waals surface area contributed by atoms with E-state index in [9.17, 15) is 9.59 Å². The third kappa shape index (κ3) is 3.03. The summed E-state index contributed by atoms with van der Waals surface area (Å²) >= 11 is 0. The smallest absolute Gasteiger partial charge is 0.351 e. The lowest BCUT2D eigenvalue weighted by Crippen LogP contribution is -2.28. The lowest BCUT2D eigenvalue weighted by molar-refractivity contribution is -0.131. The van der Waals surface area contributed by atoms with Crippen molar-refractivity contribution in [3.63, 3.8) is 0 Å². The molecule has 2 rings (SSSR count). The van der Waals surface area contributed by atoms with Crippen LogP contribution in [0.1, 0.15) is 24.6 Å². The Kier molecular flexibility index (Phi) is 4.16. The molecular formula is C12H15N3O5. The van der Waals surface area contributed by atoms with Crippen molar-refractivity contribution in [2.24, 2.45) is 0 Å². The van der Waals surface area contributed by atoms with Gasteiger partial charge in [-0.1, -0.05) is 0 Å². The number of anilines is 1. The van der Waals surface area contributed by atoms with Gasteiger partial charge >= 0.3 is 11.7 Å². The van der Waals surface area contributed by atoms with E-state index in [-0.39, 0.29) is 18.5 Å². The Labute approximate surface area is 114 Å². The average molecular weight is 281 g/mol. The molecule has 0 aliphatic carbocycles. The molecule has 1 fully saturated rings. The van der Waals surface area contributed by atoms with Crippen LogP contribution in [0.5, 0.6) is 0 Å². The van der Waals surface area contributed by atoms with Crippen LogP contribution in [0.2, 0.25) is 0 Å². The topological polar surface area (TPSA) is 128 Å². The molecule has 8 nitrogen and oxygen atoms in total. The summed E-state index contributed by atoms with van der Waals surface area (Å²) in [6, 6.07) is 0. The zero-order chi connectivity index (χ0) is 14.7. The summed E-state index contributed by atoms with van der Waals surface area (Å²) in [4.78, 5) is 26.0. The lowest BCUT2D eigenvalue weighted by atomic mass is 10.2. The van der Waals surface area contributed by atoms with E-state index in [1.165, 1.54) is 16.8 Å².